The lowest BCUT2D eigenvalue weighted by molar-refractivity contribution is -0.142. The van der Waals surface area contributed by atoms with Gasteiger partial charge < -0.3 is 15.5 Å². The van der Waals surface area contributed by atoms with Crippen molar-refractivity contribution in [3.8, 4) is 0 Å². The number of pyridine rings is 1. The van der Waals surface area contributed by atoms with Crippen LogP contribution in [0.1, 0.15) is 41.1 Å². The normalized spacial score (nSPS) is 25.0. The standard InChI is InChI=1S/C29H27N5O3/c35-24-16-31-23(18-5-2-1-3-6-18)17-34(24)29(10-11-29)27(37)32-21-9-8-19-14-28(15-20(19)13-21)22-7-4-12-30-25(22)33-26(28)36/h1-9,12-13,23,31H,10-11,14-17H2,(H,32,37)(H,30,33,36). The Morgan fingerprint density at radius 3 is 2.62 bits per heavy atom. The Bertz CT molecular complexity index is 1450. The van der Waals surface area contributed by atoms with Gasteiger partial charge in [0, 0.05) is 24.0 Å². The summed E-state index contributed by atoms with van der Waals surface area (Å²) in [5.74, 6) is 0.426. The van der Waals surface area contributed by atoms with E-state index in [1.165, 1.54) is 0 Å². The fraction of sp³-hybridized carbons (Fsp3) is 0.310. The minimum Gasteiger partial charge on any atom is -0.325 e. The first-order chi connectivity index (χ1) is 18.0. The lowest BCUT2D eigenvalue weighted by Gasteiger charge is -2.38. The molecule has 3 amide bonds. The molecule has 186 valence electrons. The lowest BCUT2D eigenvalue weighted by Crippen LogP contribution is -2.58. The molecular formula is C29H27N5O3. The highest BCUT2D eigenvalue weighted by Crippen LogP contribution is 2.48. The van der Waals surface area contributed by atoms with Gasteiger partial charge in [-0.15, -0.1) is 0 Å². The van der Waals surface area contributed by atoms with Crippen LogP contribution in [0, 0.1) is 0 Å². The number of nitrogens with zero attached hydrogens (tertiary/aromatic N) is 2. The fourth-order valence-electron chi connectivity index (χ4n) is 6.31. The largest absolute Gasteiger partial charge is 0.325 e. The van der Waals surface area contributed by atoms with Crippen LogP contribution in [0.2, 0.25) is 0 Å². The SMILES string of the molecule is O=C1CNC(c2ccccc2)CN1C1(C(=O)Nc2ccc3c(c2)CC2(C3)C(=O)Nc3ncccc32)CC1. The predicted octanol–water partition coefficient (Wildman–Crippen LogP) is 2.71. The molecule has 0 radical (unpaired) electrons. The minimum atomic E-state index is -0.803. The van der Waals surface area contributed by atoms with Gasteiger partial charge in [-0.05, 0) is 60.6 Å². The van der Waals surface area contributed by atoms with E-state index in [1.54, 1.807) is 11.1 Å². The maximum atomic E-state index is 13.6. The summed E-state index contributed by atoms with van der Waals surface area (Å²) < 4.78 is 0. The van der Waals surface area contributed by atoms with Gasteiger partial charge in [-0.2, -0.15) is 0 Å². The fourth-order valence-corrected chi connectivity index (χ4v) is 6.31. The van der Waals surface area contributed by atoms with Crippen LogP contribution in [0.5, 0.6) is 0 Å². The second kappa shape index (κ2) is 7.98. The van der Waals surface area contributed by atoms with Crippen LogP contribution < -0.4 is 16.0 Å². The zero-order valence-corrected chi connectivity index (χ0v) is 20.3. The predicted molar refractivity (Wildman–Crippen MR) is 138 cm³/mol. The van der Waals surface area contributed by atoms with E-state index in [2.05, 4.69) is 20.9 Å². The summed E-state index contributed by atoms with van der Waals surface area (Å²) in [6, 6.07) is 19.7. The molecule has 2 fully saturated rings. The number of hydrogen-bond acceptors (Lipinski definition) is 5. The summed E-state index contributed by atoms with van der Waals surface area (Å²) in [4.78, 5) is 45.5. The summed E-state index contributed by atoms with van der Waals surface area (Å²) >= 11 is 0. The van der Waals surface area contributed by atoms with Gasteiger partial charge in [-0.25, -0.2) is 4.98 Å². The van der Waals surface area contributed by atoms with Gasteiger partial charge in [-0.3, -0.25) is 19.7 Å². The molecule has 0 bridgehead atoms. The van der Waals surface area contributed by atoms with Gasteiger partial charge in [-0.1, -0.05) is 42.5 Å². The Kier molecular flexibility index (Phi) is 4.78. The number of aromatic nitrogens is 1. The third-order valence-electron chi connectivity index (χ3n) is 8.47. The van der Waals surface area contributed by atoms with Crippen molar-refractivity contribution in [1.29, 1.82) is 0 Å². The van der Waals surface area contributed by atoms with Crippen LogP contribution in [0.3, 0.4) is 0 Å². The average molecular weight is 494 g/mol. The lowest BCUT2D eigenvalue weighted by atomic mass is 9.79. The molecule has 1 saturated carbocycles. The van der Waals surface area contributed by atoms with Gasteiger partial charge in [0.1, 0.15) is 11.4 Å². The molecule has 2 aromatic carbocycles. The number of benzene rings is 2. The molecule has 2 aliphatic carbocycles. The van der Waals surface area contributed by atoms with Crippen LogP contribution in [-0.4, -0.2) is 46.2 Å². The Balaban J connectivity index is 1.10. The highest BCUT2D eigenvalue weighted by molar-refractivity contribution is 6.06. The van der Waals surface area contributed by atoms with E-state index < -0.39 is 11.0 Å². The van der Waals surface area contributed by atoms with E-state index in [1.807, 2.05) is 60.7 Å². The Morgan fingerprint density at radius 2 is 1.81 bits per heavy atom. The van der Waals surface area contributed by atoms with E-state index in [0.717, 1.165) is 22.3 Å². The van der Waals surface area contributed by atoms with Crippen molar-refractivity contribution in [2.24, 2.45) is 0 Å². The van der Waals surface area contributed by atoms with Crippen molar-refractivity contribution < 1.29 is 14.4 Å². The van der Waals surface area contributed by atoms with E-state index in [9.17, 15) is 14.4 Å². The molecule has 3 aromatic rings. The van der Waals surface area contributed by atoms with Gasteiger partial charge in [0.25, 0.3) is 0 Å². The Labute approximate surface area is 214 Å². The average Bonchev–Trinajstić information content (AvgIpc) is 3.57. The summed E-state index contributed by atoms with van der Waals surface area (Å²) in [5, 5.41) is 9.33. The number of carbonyl (C=O) groups is 3. The van der Waals surface area contributed by atoms with Gasteiger partial charge >= 0.3 is 0 Å². The van der Waals surface area contributed by atoms with Crippen LogP contribution in [0.15, 0.2) is 66.9 Å². The van der Waals surface area contributed by atoms with Crippen LogP contribution in [0.4, 0.5) is 11.5 Å². The number of rotatable bonds is 4. The van der Waals surface area contributed by atoms with Crippen LogP contribution >= 0.6 is 0 Å². The van der Waals surface area contributed by atoms with E-state index in [4.69, 9.17) is 0 Å². The third-order valence-corrected chi connectivity index (χ3v) is 8.47. The second-order valence-electron chi connectivity index (χ2n) is 10.6. The molecule has 3 N–H and O–H groups in total. The first kappa shape index (κ1) is 22.2. The molecule has 2 atom stereocenters. The zero-order valence-electron chi connectivity index (χ0n) is 20.3. The number of fused-ring (bicyclic) bond motifs is 3. The van der Waals surface area contributed by atoms with E-state index in [-0.39, 0.29) is 30.3 Å². The molecule has 2 unspecified atom stereocenters. The topological polar surface area (TPSA) is 103 Å². The summed E-state index contributed by atoms with van der Waals surface area (Å²) in [7, 11) is 0. The Morgan fingerprint density at radius 1 is 1.00 bits per heavy atom. The van der Waals surface area contributed by atoms with Crippen molar-refractivity contribution in [2.75, 3.05) is 23.7 Å². The molecule has 1 spiro atoms. The molecular weight excluding hydrogens is 466 g/mol. The smallest absolute Gasteiger partial charge is 0.250 e. The second-order valence-corrected chi connectivity index (χ2v) is 10.6. The van der Waals surface area contributed by atoms with E-state index in [0.29, 0.717) is 43.7 Å². The quantitative estimate of drug-likeness (QED) is 0.519. The highest BCUT2D eigenvalue weighted by Gasteiger charge is 2.57. The minimum absolute atomic E-state index is 0.00437. The van der Waals surface area contributed by atoms with Crippen molar-refractivity contribution in [3.63, 3.8) is 0 Å². The zero-order chi connectivity index (χ0) is 25.2. The number of piperazine rings is 1. The van der Waals surface area contributed by atoms with Crippen molar-refractivity contribution in [3.05, 3.63) is 89.1 Å². The molecule has 4 aliphatic rings. The van der Waals surface area contributed by atoms with E-state index >= 15 is 0 Å². The monoisotopic (exact) mass is 493 g/mol. The van der Waals surface area contributed by atoms with Crippen LogP contribution in [-0.2, 0) is 32.6 Å². The van der Waals surface area contributed by atoms with Gasteiger partial charge in [0.15, 0.2) is 0 Å². The van der Waals surface area contributed by atoms with Crippen molar-refractivity contribution in [2.45, 2.75) is 42.7 Å². The van der Waals surface area contributed by atoms with Crippen molar-refractivity contribution in [1.82, 2.24) is 15.2 Å². The molecule has 3 heterocycles. The maximum absolute atomic E-state index is 13.6. The number of amides is 3. The number of nitrogens with one attached hydrogen (secondary N) is 3. The van der Waals surface area contributed by atoms with Crippen molar-refractivity contribution >= 4 is 29.2 Å². The van der Waals surface area contributed by atoms with Crippen LogP contribution in [0.25, 0.3) is 0 Å². The summed E-state index contributed by atoms with van der Waals surface area (Å²) in [5.41, 5.74) is 3.44. The molecule has 7 rings (SSSR count). The number of carbonyl (C=O) groups excluding carboxylic acids is 3. The highest BCUT2D eigenvalue weighted by atomic mass is 16.2. The molecule has 8 nitrogen and oxygen atoms in total. The molecule has 8 heteroatoms. The molecule has 37 heavy (non-hydrogen) atoms. The first-order valence-electron chi connectivity index (χ1n) is 12.8. The van der Waals surface area contributed by atoms with Gasteiger partial charge in [0.2, 0.25) is 17.7 Å². The summed E-state index contributed by atoms with van der Waals surface area (Å²) in [6.45, 7) is 0.680. The first-order valence-corrected chi connectivity index (χ1v) is 12.8. The molecule has 1 aromatic heterocycles. The maximum Gasteiger partial charge on any atom is 0.250 e. The number of hydrogen-bond donors (Lipinski definition) is 3. The number of anilines is 2. The molecule has 2 aliphatic heterocycles. The molecule has 1 saturated heterocycles. The summed E-state index contributed by atoms with van der Waals surface area (Å²) in [6.07, 6.45) is 4.18. The Hall–Kier alpha value is -4.04. The van der Waals surface area contributed by atoms with Gasteiger partial charge in [0.05, 0.1) is 18.0 Å². The third kappa shape index (κ3) is 3.39.